The van der Waals surface area contributed by atoms with Crippen molar-refractivity contribution in [2.24, 2.45) is 0 Å². The summed E-state index contributed by atoms with van der Waals surface area (Å²) in [6.07, 6.45) is 0.565. The number of nitrogens with one attached hydrogen (secondary N) is 1. The normalized spacial score (nSPS) is 11.9. The van der Waals surface area contributed by atoms with Gasteiger partial charge in [0.2, 0.25) is 0 Å². The van der Waals surface area contributed by atoms with Crippen LogP contribution >= 0.6 is 11.6 Å². The number of nitro groups is 1. The van der Waals surface area contributed by atoms with Crippen LogP contribution in [-0.2, 0) is 4.74 Å². The molecule has 6 nitrogen and oxygen atoms in total. The molecule has 0 fully saturated rings. The zero-order chi connectivity index (χ0) is 15.1. The molecule has 1 aromatic rings. The van der Waals surface area contributed by atoms with E-state index in [0.717, 1.165) is 0 Å². The number of ether oxygens (including phenoxy) is 1. The lowest BCUT2D eigenvalue weighted by atomic mass is 10.1. The van der Waals surface area contributed by atoms with Gasteiger partial charge in [-0.15, -0.1) is 11.6 Å². The van der Waals surface area contributed by atoms with Gasteiger partial charge in [-0.3, -0.25) is 14.9 Å². The van der Waals surface area contributed by atoms with Crippen molar-refractivity contribution in [1.29, 1.82) is 0 Å². The van der Waals surface area contributed by atoms with E-state index in [2.05, 4.69) is 5.32 Å². The average Bonchev–Trinajstić information content (AvgIpc) is 2.39. The molecule has 0 aliphatic heterocycles. The van der Waals surface area contributed by atoms with Gasteiger partial charge < -0.3 is 10.1 Å². The van der Waals surface area contributed by atoms with E-state index in [4.69, 9.17) is 16.3 Å². The second kappa shape index (κ2) is 7.81. The maximum absolute atomic E-state index is 11.9. The molecule has 110 valence electrons. The third-order valence-electron chi connectivity index (χ3n) is 2.76. The number of nitro benzene ring substituents is 1. The monoisotopic (exact) mass is 300 g/mol. The van der Waals surface area contributed by atoms with Gasteiger partial charge in [-0.2, -0.15) is 0 Å². The van der Waals surface area contributed by atoms with Crippen LogP contribution in [0.5, 0.6) is 0 Å². The van der Waals surface area contributed by atoms with E-state index >= 15 is 0 Å². The Kier molecular flexibility index (Phi) is 6.41. The highest BCUT2D eigenvalue weighted by Gasteiger charge is 2.15. The minimum atomic E-state index is -0.501. The van der Waals surface area contributed by atoms with Gasteiger partial charge in [0.15, 0.2) is 0 Å². The summed E-state index contributed by atoms with van der Waals surface area (Å²) in [5, 5.41) is 13.3. The smallest absolute Gasteiger partial charge is 0.273 e. The Bertz CT molecular complexity index is 493. The Morgan fingerprint density at radius 2 is 2.25 bits per heavy atom. The molecule has 0 aromatic heterocycles. The van der Waals surface area contributed by atoms with Gasteiger partial charge in [0, 0.05) is 30.8 Å². The number of halogens is 1. The van der Waals surface area contributed by atoms with Crippen LogP contribution in [0.2, 0.25) is 0 Å². The molecule has 20 heavy (non-hydrogen) atoms. The quantitative estimate of drug-likeness (QED) is 0.476. The topological polar surface area (TPSA) is 81.5 Å². The fourth-order valence-electron chi connectivity index (χ4n) is 1.66. The zero-order valence-electron chi connectivity index (χ0n) is 11.4. The molecular weight excluding hydrogens is 284 g/mol. The van der Waals surface area contributed by atoms with Gasteiger partial charge in [-0.05, 0) is 19.4 Å². The molecule has 0 saturated heterocycles. The first kappa shape index (κ1) is 16.4. The number of carbonyl (C=O) groups excluding carboxylic acids is 1. The summed E-state index contributed by atoms with van der Waals surface area (Å²) in [4.78, 5) is 22.2. The summed E-state index contributed by atoms with van der Waals surface area (Å²) in [6.45, 7) is 2.42. The standard InChI is InChI=1S/C13H17ClN2O4/c1-9-3-4-10(7-12(9)16(18)19)13(17)15-6-5-11(14)8-20-2/h3-4,7,11H,5-6,8H2,1-2H3,(H,15,17). The predicted octanol–water partition coefficient (Wildman–Crippen LogP) is 2.28. The van der Waals surface area contributed by atoms with Crippen LogP contribution in [0.3, 0.4) is 0 Å². The number of nitrogens with zero attached hydrogens (tertiary/aromatic N) is 1. The number of methoxy groups -OCH3 is 1. The van der Waals surface area contributed by atoms with Crippen molar-refractivity contribution in [2.75, 3.05) is 20.3 Å². The SMILES string of the molecule is COCC(Cl)CCNC(=O)c1ccc(C)c([N+](=O)[O-])c1. The molecule has 1 amide bonds. The second-order valence-electron chi connectivity index (χ2n) is 4.36. The Morgan fingerprint density at radius 1 is 1.55 bits per heavy atom. The summed E-state index contributed by atoms with van der Waals surface area (Å²) in [5.74, 6) is -0.352. The molecule has 0 aliphatic carbocycles. The number of alkyl halides is 1. The molecular formula is C13H17ClN2O4. The van der Waals surface area contributed by atoms with Gasteiger partial charge in [0.05, 0.1) is 16.9 Å². The van der Waals surface area contributed by atoms with E-state index in [9.17, 15) is 14.9 Å². The number of aryl methyl sites for hydroxylation is 1. The summed E-state index contributed by atoms with van der Waals surface area (Å²) in [7, 11) is 1.55. The first-order chi connectivity index (χ1) is 9.45. The van der Waals surface area contributed by atoms with Gasteiger partial charge in [0.25, 0.3) is 11.6 Å². The van der Waals surface area contributed by atoms with Crippen molar-refractivity contribution in [3.8, 4) is 0 Å². The average molecular weight is 301 g/mol. The third-order valence-corrected chi connectivity index (χ3v) is 3.10. The first-order valence-electron chi connectivity index (χ1n) is 6.12. The Morgan fingerprint density at radius 3 is 2.85 bits per heavy atom. The van der Waals surface area contributed by atoms with Crippen molar-refractivity contribution in [3.63, 3.8) is 0 Å². The van der Waals surface area contributed by atoms with Crippen LogP contribution in [0.4, 0.5) is 5.69 Å². The van der Waals surface area contributed by atoms with Crippen LogP contribution in [0.15, 0.2) is 18.2 Å². The molecule has 0 bridgehead atoms. The van der Waals surface area contributed by atoms with Crippen LogP contribution < -0.4 is 5.32 Å². The van der Waals surface area contributed by atoms with E-state index in [1.54, 1.807) is 26.2 Å². The van der Waals surface area contributed by atoms with Crippen molar-refractivity contribution in [1.82, 2.24) is 5.32 Å². The molecule has 1 rings (SSSR count). The van der Waals surface area contributed by atoms with E-state index in [-0.39, 0.29) is 22.5 Å². The van der Waals surface area contributed by atoms with Crippen molar-refractivity contribution >= 4 is 23.2 Å². The summed E-state index contributed by atoms with van der Waals surface area (Å²) >= 11 is 5.93. The minimum Gasteiger partial charge on any atom is -0.383 e. The summed E-state index contributed by atoms with van der Waals surface area (Å²) < 4.78 is 4.88. The lowest BCUT2D eigenvalue weighted by Gasteiger charge is -2.09. The number of amides is 1. The maximum atomic E-state index is 11.9. The molecule has 0 aliphatic rings. The van der Waals surface area contributed by atoms with Crippen LogP contribution in [0, 0.1) is 17.0 Å². The second-order valence-corrected chi connectivity index (χ2v) is 4.97. The molecule has 1 atom stereocenters. The lowest BCUT2D eigenvalue weighted by molar-refractivity contribution is -0.385. The van der Waals surface area contributed by atoms with Crippen LogP contribution in [0.1, 0.15) is 22.3 Å². The van der Waals surface area contributed by atoms with Gasteiger partial charge >= 0.3 is 0 Å². The largest absolute Gasteiger partial charge is 0.383 e. The first-order valence-corrected chi connectivity index (χ1v) is 6.55. The zero-order valence-corrected chi connectivity index (χ0v) is 12.1. The Labute approximate surface area is 122 Å². The maximum Gasteiger partial charge on any atom is 0.273 e. The number of rotatable bonds is 7. The summed E-state index contributed by atoms with van der Waals surface area (Å²) in [6, 6.07) is 4.39. The number of hydrogen-bond acceptors (Lipinski definition) is 4. The lowest BCUT2D eigenvalue weighted by Crippen LogP contribution is -2.27. The van der Waals surface area contributed by atoms with Crippen molar-refractivity contribution < 1.29 is 14.5 Å². The van der Waals surface area contributed by atoms with E-state index in [1.165, 1.54) is 6.07 Å². The molecule has 0 heterocycles. The van der Waals surface area contributed by atoms with E-state index in [0.29, 0.717) is 25.1 Å². The molecule has 0 saturated carbocycles. The molecule has 1 N–H and O–H groups in total. The fourth-order valence-corrected chi connectivity index (χ4v) is 1.89. The van der Waals surface area contributed by atoms with Crippen LogP contribution in [-0.4, -0.2) is 36.5 Å². The van der Waals surface area contributed by atoms with E-state index in [1.807, 2.05) is 0 Å². The highest BCUT2D eigenvalue weighted by molar-refractivity contribution is 6.20. The van der Waals surface area contributed by atoms with Gasteiger partial charge in [-0.25, -0.2) is 0 Å². The minimum absolute atomic E-state index is 0.0627. The van der Waals surface area contributed by atoms with Gasteiger partial charge in [-0.1, -0.05) is 6.07 Å². The fraction of sp³-hybridized carbons (Fsp3) is 0.462. The summed E-state index contributed by atoms with van der Waals surface area (Å²) in [5.41, 5.74) is 0.722. The van der Waals surface area contributed by atoms with E-state index < -0.39 is 4.92 Å². The molecule has 1 aromatic carbocycles. The highest BCUT2D eigenvalue weighted by atomic mass is 35.5. The van der Waals surface area contributed by atoms with Gasteiger partial charge in [0.1, 0.15) is 0 Å². The number of benzene rings is 1. The molecule has 0 radical (unpaired) electrons. The highest BCUT2D eigenvalue weighted by Crippen LogP contribution is 2.19. The van der Waals surface area contributed by atoms with Crippen LogP contribution in [0.25, 0.3) is 0 Å². The number of hydrogen-bond donors (Lipinski definition) is 1. The molecule has 1 unspecified atom stereocenters. The predicted molar refractivity (Wildman–Crippen MR) is 76.3 cm³/mol. The number of carbonyl (C=O) groups is 1. The van der Waals surface area contributed by atoms with Crippen molar-refractivity contribution in [3.05, 3.63) is 39.4 Å². The Balaban J connectivity index is 2.60. The molecule has 0 spiro atoms. The third kappa shape index (κ3) is 4.79. The Hall–Kier alpha value is -1.66. The molecule has 7 heteroatoms. The van der Waals surface area contributed by atoms with Crippen molar-refractivity contribution in [2.45, 2.75) is 18.7 Å².